The van der Waals surface area contributed by atoms with Gasteiger partial charge in [-0.25, -0.2) is 14.4 Å². The number of amides is 1. The molecule has 0 radical (unpaired) electrons. The van der Waals surface area contributed by atoms with Gasteiger partial charge in [-0.15, -0.1) is 0 Å². The van der Waals surface area contributed by atoms with Crippen LogP contribution in [0.2, 0.25) is 0 Å². The summed E-state index contributed by atoms with van der Waals surface area (Å²) in [6.45, 7) is 5.88. The third-order valence-electron chi connectivity index (χ3n) is 5.86. The van der Waals surface area contributed by atoms with Crippen molar-refractivity contribution in [2.45, 2.75) is 45.4 Å². The van der Waals surface area contributed by atoms with E-state index in [2.05, 4.69) is 20.4 Å². The van der Waals surface area contributed by atoms with Crippen molar-refractivity contribution in [2.75, 3.05) is 5.32 Å². The number of nitrogens with zero attached hydrogens (tertiary/aromatic N) is 4. The monoisotopic (exact) mass is 447 g/mol. The number of aromatic nitrogens is 4. The second kappa shape index (κ2) is 8.27. The summed E-state index contributed by atoms with van der Waals surface area (Å²) < 4.78 is 21.7. The minimum atomic E-state index is -0.592. The smallest absolute Gasteiger partial charge is 0.259 e. The highest BCUT2D eigenvalue weighted by atomic mass is 19.1. The highest BCUT2D eigenvalue weighted by molar-refractivity contribution is 6.04. The van der Waals surface area contributed by atoms with E-state index < -0.39 is 11.7 Å². The summed E-state index contributed by atoms with van der Waals surface area (Å²) in [5.74, 6) is -0.157. The predicted octanol–water partition coefficient (Wildman–Crippen LogP) is 5.87. The van der Waals surface area contributed by atoms with Gasteiger partial charge in [0.1, 0.15) is 23.6 Å². The predicted molar refractivity (Wildman–Crippen MR) is 124 cm³/mol. The molecule has 4 aromatic rings. The number of pyridine rings is 1. The lowest BCUT2D eigenvalue weighted by Crippen LogP contribution is -2.16. The molecule has 1 aliphatic carbocycles. The number of rotatable bonds is 6. The maximum Gasteiger partial charge on any atom is 0.259 e. The standard InChI is InChI=1S/C25H24FN5O2.H2/c1-14(2)18-12-33-30-24(18)20-5-4-6-23(28-20)29-25(32)17-10-22(15(3)9-19(17)26)31-11-21(27-13-31)16-7-8-16;/h4-6,9-14,16H,7-8H2,1-3H3,(H,28,29,32);1H. The van der Waals surface area contributed by atoms with Crippen molar-refractivity contribution in [1.29, 1.82) is 0 Å². The van der Waals surface area contributed by atoms with Crippen LogP contribution >= 0.6 is 0 Å². The minimum absolute atomic E-state index is 0. The Hall–Kier alpha value is -3.81. The van der Waals surface area contributed by atoms with Crippen LogP contribution in [0.25, 0.3) is 17.1 Å². The fourth-order valence-corrected chi connectivity index (χ4v) is 3.84. The fraction of sp³-hybridized carbons (Fsp3) is 0.280. The Labute approximate surface area is 192 Å². The highest BCUT2D eigenvalue weighted by Crippen LogP contribution is 2.39. The van der Waals surface area contributed by atoms with Crippen molar-refractivity contribution < 1.29 is 15.1 Å². The molecular weight excluding hydrogens is 421 g/mol. The largest absolute Gasteiger partial charge is 0.364 e. The molecule has 33 heavy (non-hydrogen) atoms. The molecule has 1 aromatic carbocycles. The van der Waals surface area contributed by atoms with Crippen LogP contribution in [0.15, 0.2) is 53.6 Å². The quantitative estimate of drug-likeness (QED) is 0.400. The Kier molecular flexibility index (Phi) is 5.28. The number of imidazole rings is 1. The normalized spacial score (nSPS) is 13.5. The van der Waals surface area contributed by atoms with Crippen LogP contribution < -0.4 is 5.32 Å². The molecule has 170 valence electrons. The Morgan fingerprint density at radius 1 is 1.30 bits per heavy atom. The van der Waals surface area contributed by atoms with Gasteiger partial charge in [0.25, 0.3) is 5.91 Å². The Balaban J connectivity index is 0.00000274. The van der Waals surface area contributed by atoms with Crippen LogP contribution in [-0.4, -0.2) is 25.6 Å². The van der Waals surface area contributed by atoms with Gasteiger partial charge in [0, 0.05) is 19.1 Å². The molecule has 0 unspecified atom stereocenters. The molecule has 8 heteroatoms. The second-order valence-corrected chi connectivity index (χ2v) is 8.73. The molecule has 1 saturated carbocycles. The first kappa shape index (κ1) is 21.1. The lowest BCUT2D eigenvalue weighted by Gasteiger charge is -2.12. The van der Waals surface area contributed by atoms with E-state index in [1.54, 1.807) is 36.9 Å². The molecule has 1 aliphatic rings. The maximum atomic E-state index is 14.8. The number of benzene rings is 1. The number of hydrogen-bond donors (Lipinski definition) is 1. The summed E-state index contributed by atoms with van der Waals surface area (Å²) in [5.41, 5.74) is 4.51. The summed E-state index contributed by atoms with van der Waals surface area (Å²) in [5, 5.41) is 6.76. The number of halogens is 1. The highest BCUT2D eigenvalue weighted by Gasteiger charge is 2.26. The molecule has 3 heterocycles. The Morgan fingerprint density at radius 2 is 2.12 bits per heavy atom. The van der Waals surface area contributed by atoms with Gasteiger partial charge in [-0.1, -0.05) is 25.1 Å². The minimum Gasteiger partial charge on any atom is -0.364 e. The lowest BCUT2D eigenvalue weighted by atomic mass is 10.0. The lowest BCUT2D eigenvalue weighted by molar-refractivity contribution is 0.102. The molecule has 1 amide bonds. The van der Waals surface area contributed by atoms with Gasteiger partial charge in [0.05, 0.1) is 29.0 Å². The van der Waals surface area contributed by atoms with Crippen molar-refractivity contribution in [1.82, 2.24) is 19.7 Å². The van der Waals surface area contributed by atoms with E-state index in [0.717, 1.165) is 29.7 Å². The molecule has 0 saturated heterocycles. The van der Waals surface area contributed by atoms with E-state index in [-0.39, 0.29) is 12.9 Å². The van der Waals surface area contributed by atoms with Crippen LogP contribution in [0.1, 0.15) is 67.1 Å². The van der Waals surface area contributed by atoms with E-state index in [4.69, 9.17) is 4.52 Å². The van der Waals surface area contributed by atoms with Crippen molar-refractivity contribution >= 4 is 11.7 Å². The van der Waals surface area contributed by atoms with E-state index in [9.17, 15) is 9.18 Å². The Morgan fingerprint density at radius 3 is 2.88 bits per heavy atom. The van der Waals surface area contributed by atoms with Crippen molar-refractivity contribution in [3.8, 4) is 17.1 Å². The zero-order valence-electron chi connectivity index (χ0n) is 18.7. The van der Waals surface area contributed by atoms with Gasteiger partial charge < -0.3 is 14.4 Å². The van der Waals surface area contributed by atoms with Gasteiger partial charge in [-0.2, -0.15) is 0 Å². The molecule has 5 rings (SSSR count). The third kappa shape index (κ3) is 4.16. The molecule has 0 bridgehead atoms. The van der Waals surface area contributed by atoms with Crippen LogP contribution in [0.4, 0.5) is 10.2 Å². The molecule has 0 aliphatic heterocycles. The first-order valence-electron chi connectivity index (χ1n) is 11.0. The SMILES string of the molecule is Cc1cc(F)c(C(=O)Nc2cccc(-c3nocc3C(C)C)n2)cc1-n1cnc(C2CC2)c1.[HH]. The van der Waals surface area contributed by atoms with Crippen LogP contribution in [0.5, 0.6) is 0 Å². The van der Waals surface area contributed by atoms with Gasteiger partial charge in [-0.05, 0) is 55.5 Å². The summed E-state index contributed by atoms with van der Waals surface area (Å²) in [6, 6.07) is 8.13. The molecule has 0 spiro atoms. The fourth-order valence-electron chi connectivity index (χ4n) is 3.84. The molecule has 3 aromatic heterocycles. The van der Waals surface area contributed by atoms with Crippen LogP contribution in [0.3, 0.4) is 0 Å². The summed E-state index contributed by atoms with van der Waals surface area (Å²) in [4.78, 5) is 21.9. The van der Waals surface area contributed by atoms with E-state index in [0.29, 0.717) is 28.8 Å². The summed E-state index contributed by atoms with van der Waals surface area (Å²) in [7, 11) is 0. The second-order valence-electron chi connectivity index (χ2n) is 8.73. The maximum absolute atomic E-state index is 14.8. The first-order chi connectivity index (χ1) is 15.9. The Bertz CT molecular complexity index is 1340. The number of carbonyl (C=O) groups is 1. The topological polar surface area (TPSA) is 85.8 Å². The van der Waals surface area contributed by atoms with E-state index in [1.807, 2.05) is 31.5 Å². The summed E-state index contributed by atoms with van der Waals surface area (Å²) in [6.07, 6.45) is 7.55. The van der Waals surface area contributed by atoms with Gasteiger partial charge in [-0.3, -0.25) is 4.79 Å². The number of nitrogens with one attached hydrogen (secondary N) is 1. The number of hydrogen-bond acceptors (Lipinski definition) is 5. The zero-order valence-corrected chi connectivity index (χ0v) is 18.7. The number of anilines is 1. The molecule has 0 atom stereocenters. The average Bonchev–Trinajstić information content (AvgIpc) is 3.31. The summed E-state index contributed by atoms with van der Waals surface area (Å²) >= 11 is 0. The first-order valence-corrected chi connectivity index (χ1v) is 11.0. The van der Waals surface area contributed by atoms with Gasteiger partial charge >= 0.3 is 0 Å². The van der Waals surface area contributed by atoms with Crippen molar-refractivity contribution in [3.05, 3.63) is 77.3 Å². The molecule has 1 fully saturated rings. The van der Waals surface area contributed by atoms with Crippen LogP contribution in [-0.2, 0) is 0 Å². The van der Waals surface area contributed by atoms with Crippen LogP contribution in [0, 0.1) is 12.7 Å². The average molecular weight is 448 g/mol. The number of carbonyl (C=O) groups excluding carboxylic acids is 1. The van der Waals surface area contributed by atoms with Gasteiger partial charge in [0.15, 0.2) is 0 Å². The van der Waals surface area contributed by atoms with Crippen molar-refractivity contribution in [3.63, 3.8) is 0 Å². The van der Waals surface area contributed by atoms with Crippen molar-refractivity contribution in [2.24, 2.45) is 0 Å². The molecule has 1 N–H and O–H groups in total. The molecule has 7 nitrogen and oxygen atoms in total. The molecular formula is C25H26FN5O2. The van der Waals surface area contributed by atoms with E-state index in [1.165, 1.54) is 6.07 Å². The van der Waals surface area contributed by atoms with E-state index >= 15 is 0 Å². The number of aryl methyl sites for hydroxylation is 1. The third-order valence-corrected chi connectivity index (χ3v) is 5.86. The zero-order chi connectivity index (χ0) is 23.1. The van der Waals surface area contributed by atoms with Gasteiger partial charge in [0.2, 0.25) is 0 Å².